The number of carbonyl (C=O) groups is 1. The summed E-state index contributed by atoms with van der Waals surface area (Å²) in [5.41, 5.74) is 0.755. The minimum Gasteiger partial charge on any atom is -0.372 e. The Balaban J connectivity index is 2.00. The number of pyridine rings is 1. The first-order valence-electron chi connectivity index (χ1n) is 7.23. The Hall–Kier alpha value is -1.14. The Labute approximate surface area is 134 Å². The van der Waals surface area contributed by atoms with Crippen molar-refractivity contribution in [3.63, 3.8) is 0 Å². The van der Waals surface area contributed by atoms with Crippen LogP contribution in [0, 0.1) is 5.41 Å². The number of piperidine rings is 1. The minimum atomic E-state index is -0.0756. The van der Waals surface area contributed by atoms with Gasteiger partial charge in [0.05, 0.1) is 5.56 Å². The van der Waals surface area contributed by atoms with Crippen LogP contribution in [0.3, 0.4) is 0 Å². The first kappa shape index (κ1) is 16.2. The van der Waals surface area contributed by atoms with E-state index in [4.69, 9.17) is 0 Å². The van der Waals surface area contributed by atoms with Crippen LogP contribution in [0.2, 0.25) is 0 Å². The molecule has 1 aliphatic heterocycles. The van der Waals surface area contributed by atoms with Crippen molar-refractivity contribution in [2.45, 2.75) is 19.8 Å². The van der Waals surface area contributed by atoms with Crippen LogP contribution in [0.15, 0.2) is 16.7 Å². The van der Waals surface area contributed by atoms with E-state index in [2.05, 4.69) is 50.4 Å². The molecule has 0 bridgehead atoms. The number of aromatic nitrogens is 1. The van der Waals surface area contributed by atoms with E-state index in [1.165, 1.54) is 0 Å². The average molecular weight is 355 g/mol. The molecule has 1 fully saturated rings. The van der Waals surface area contributed by atoms with E-state index in [9.17, 15) is 4.79 Å². The van der Waals surface area contributed by atoms with Crippen LogP contribution >= 0.6 is 15.9 Å². The molecule has 21 heavy (non-hydrogen) atoms. The molecule has 1 aromatic rings. The maximum absolute atomic E-state index is 12.4. The van der Waals surface area contributed by atoms with Crippen molar-refractivity contribution in [3.05, 3.63) is 22.3 Å². The van der Waals surface area contributed by atoms with Gasteiger partial charge < -0.3 is 15.5 Å². The SMILES string of the molecule is CNc1ncc(Br)cc1C(=O)NCC1(C)CCN(C)CC1. The molecule has 0 unspecified atom stereocenters. The molecular weight excluding hydrogens is 332 g/mol. The molecule has 0 aliphatic carbocycles. The van der Waals surface area contributed by atoms with Gasteiger partial charge in [-0.2, -0.15) is 0 Å². The van der Waals surface area contributed by atoms with E-state index in [1.807, 2.05) is 0 Å². The number of halogens is 1. The Morgan fingerprint density at radius 3 is 2.76 bits per heavy atom. The monoisotopic (exact) mass is 354 g/mol. The molecule has 1 aromatic heterocycles. The number of rotatable bonds is 4. The number of hydrogen-bond acceptors (Lipinski definition) is 4. The highest BCUT2D eigenvalue weighted by Crippen LogP contribution is 2.29. The van der Waals surface area contributed by atoms with E-state index in [0.29, 0.717) is 17.9 Å². The van der Waals surface area contributed by atoms with Gasteiger partial charge in [-0.3, -0.25) is 4.79 Å². The fraction of sp³-hybridized carbons (Fsp3) is 0.600. The number of amides is 1. The highest BCUT2D eigenvalue weighted by atomic mass is 79.9. The summed E-state index contributed by atoms with van der Waals surface area (Å²) >= 11 is 3.36. The molecule has 6 heteroatoms. The van der Waals surface area contributed by atoms with Gasteiger partial charge in [-0.05, 0) is 60.4 Å². The van der Waals surface area contributed by atoms with Crippen molar-refractivity contribution in [3.8, 4) is 0 Å². The van der Waals surface area contributed by atoms with Gasteiger partial charge in [-0.1, -0.05) is 6.92 Å². The lowest BCUT2D eigenvalue weighted by Crippen LogP contribution is -2.43. The zero-order valence-electron chi connectivity index (χ0n) is 12.9. The summed E-state index contributed by atoms with van der Waals surface area (Å²) in [6.07, 6.45) is 3.90. The number of likely N-dealkylation sites (tertiary alicyclic amines) is 1. The molecule has 0 saturated carbocycles. The highest BCUT2D eigenvalue weighted by Gasteiger charge is 2.29. The fourth-order valence-electron chi connectivity index (χ4n) is 2.54. The van der Waals surface area contributed by atoms with Crippen molar-refractivity contribution in [1.82, 2.24) is 15.2 Å². The number of nitrogens with zero attached hydrogens (tertiary/aromatic N) is 2. The predicted octanol–water partition coefficient (Wildman–Crippen LogP) is 2.35. The lowest BCUT2D eigenvalue weighted by atomic mass is 9.80. The summed E-state index contributed by atoms with van der Waals surface area (Å²) in [5.74, 6) is 0.525. The molecule has 2 heterocycles. The summed E-state index contributed by atoms with van der Waals surface area (Å²) in [7, 11) is 3.91. The second-order valence-corrected chi connectivity index (χ2v) is 7.01. The lowest BCUT2D eigenvalue weighted by Gasteiger charge is -2.38. The molecule has 2 rings (SSSR count). The number of carbonyl (C=O) groups excluding carboxylic acids is 1. The van der Waals surface area contributed by atoms with E-state index >= 15 is 0 Å². The normalized spacial score (nSPS) is 18.3. The van der Waals surface area contributed by atoms with Crippen LogP contribution in [-0.2, 0) is 0 Å². The van der Waals surface area contributed by atoms with Crippen LogP contribution in [0.4, 0.5) is 5.82 Å². The minimum absolute atomic E-state index is 0.0756. The third-order valence-electron chi connectivity index (χ3n) is 4.21. The maximum atomic E-state index is 12.4. The number of nitrogens with one attached hydrogen (secondary N) is 2. The Kier molecular flexibility index (Phi) is 5.22. The van der Waals surface area contributed by atoms with Gasteiger partial charge >= 0.3 is 0 Å². The summed E-state index contributed by atoms with van der Waals surface area (Å²) in [5, 5.41) is 6.03. The predicted molar refractivity (Wildman–Crippen MR) is 88.7 cm³/mol. The number of hydrogen-bond donors (Lipinski definition) is 2. The average Bonchev–Trinajstić information content (AvgIpc) is 2.48. The Morgan fingerprint density at radius 2 is 2.14 bits per heavy atom. The first-order chi connectivity index (χ1) is 9.93. The molecule has 0 radical (unpaired) electrons. The van der Waals surface area contributed by atoms with Gasteiger partial charge in [0.25, 0.3) is 5.91 Å². The summed E-state index contributed by atoms with van der Waals surface area (Å²) < 4.78 is 0.803. The Bertz CT molecular complexity index is 512. The van der Waals surface area contributed by atoms with Crippen molar-refractivity contribution < 1.29 is 4.79 Å². The third-order valence-corrected chi connectivity index (χ3v) is 4.64. The van der Waals surface area contributed by atoms with Gasteiger partial charge in [0.1, 0.15) is 5.82 Å². The van der Waals surface area contributed by atoms with E-state index < -0.39 is 0 Å². The molecule has 5 nitrogen and oxygen atoms in total. The van der Waals surface area contributed by atoms with Crippen LogP contribution < -0.4 is 10.6 Å². The maximum Gasteiger partial charge on any atom is 0.255 e. The Morgan fingerprint density at radius 1 is 1.48 bits per heavy atom. The highest BCUT2D eigenvalue weighted by molar-refractivity contribution is 9.10. The molecule has 116 valence electrons. The van der Waals surface area contributed by atoms with Gasteiger partial charge in [0.15, 0.2) is 0 Å². The van der Waals surface area contributed by atoms with Crippen LogP contribution in [0.1, 0.15) is 30.1 Å². The van der Waals surface area contributed by atoms with Crippen LogP contribution in [-0.4, -0.2) is 49.5 Å². The molecule has 2 N–H and O–H groups in total. The van der Waals surface area contributed by atoms with Gasteiger partial charge in [0.2, 0.25) is 0 Å². The van der Waals surface area contributed by atoms with E-state index in [1.54, 1.807) is 19.3 Å². The van der Waals surface area contributed by atoms with E-state index in [0.717, 1.165) is 30.4 Å². The number of anilines is 1. The zero-order valence-corrected chi connectivity index (χ0v) is 14.5. The zero-order chi connectivity index (χ0) is 15.5. The third kappa shape index (κ3) is 4.17. The van der Waals surface area contributed by atoms with Gasteiger partial charge in [0, 0.05) is 24.3 Å². The molecule has 1 amide bonds. The van der Waals surface area contributed by atoms with E-state index in [-0.39, 0.29) is 11.3 Å². The first-order valence-corrected chi connectivity index (χ1v) is 8.03. The second-order valence-electron chi connectivity index (χ2n) is 6.10. The second kappa shape index (κ2) is 6.75. The van der Waals surface area contributed by atoms with Crippen LogP contribution in [0.5, 0.6) is 0 Å². The topological polar surface area (TPSA) is 57.3 Å². The molecule has 1 saturated heterocycles. The summed E-state index contributed by atoms with van der Waals surface area (Å²) in [6.45, 7) is 5.13. The molecule has 0 aromatic carbocycles. The lowest BCUT2D eigenvalue weighted by molar-refractivity contribution is 0.0892. The fourth-order valence-corrected chi connectivity index (χ4v) is 2.87. The molecular formula is C15H23BrN4O. The van der Waals surface area contributed by atoms with Crippen molar-refractivity contribution in [1.29, 1.82) is 0 Å². The van der Waals surface area contributed by atoms with Crippen LogP contribution in [0.25, 0.3) is 0 Å². The summed E-state index contributed by atoms with van der Waals surface area (Å²) in [6, 6.07) is 1.80. The van der Waals surface area contributed by atoms with Gasteiger partial charge in [-0.25, -0.2) is 4.98 Å². The van der Waals surface area contributed by atoms with Gasteiger partial charge in [-0.15, -0.1) is 0 Å². The molecule has 1 aliphatic rings. The smallest absolute Gasteiger partial charge is 0.255 e. The summed E-state index contributed by atoms with van der Waals surface area (Å²) in [4.78, 5) is 19.0. The quantitative estimate of drug-likeness (QED) is 0.871. The molecule has 0 atom stereocenters. The standard InChI is InChI=1S/C15H23BrN4O/c1-15(4-6-20(3)7-5-15)10-19-14(21)12-8-11(16)9-18-13(12)17-2/h8-9H,4-7,10H2,1-3H3,(H,17,18)(H,19,21). The largest absolute Gasteiger partial charge is 0.372 e. The van der Waals surface area contributed by atoms with Crippen molar-refractivity contribution in [2.24, 2.45) is 5.41 Å². The molecule has 0 spiro atoms. The van der Waals surface area contributed by atoms with Crippen molar-refractivity contribution in [2.75, 3.05) is 39.0 Å². The van der Waals surface area contributed by atoms with Crippen molar-refractivity contribution >= 4 is 27.7 Å².